The summed E-state index contributed by atoms with van der Waals surface area (Å²) in [6, 6.07) is 8.78. The van der Waals surface area contributed by atoms with Gasteiger partial charge < -0.3 is 20.1 Å². The highest BCUT2D eigenvalue weighted by atomic mass is 19.1. The van der Waals surface area contributed by atoms with Gasteiger partial charge in [-0.2, -0.15) is 0 Å². The number of ketones is 1. The quantitative estimate of drug-likeness (QED) is 0.485. The van der Waals surface area contributed by atoms with Crippen molar-refractivity contribution >= 4 is 34.5 Å². The lowest BCUT2D eigenvalue weighted by atomic mass is 10.1. The van der Waals surface area contributed by atoms with Crippen LogP contribution in [0.4, 0.5) is 10.1 Å². The normalized spacial score (nSPS) is 15.4. The number of nitrogens with zero attached hydrogens (tertiary/aromatic N) is 1. The summed E-state index contributed by atoms with van der Waals surface area (Å²) < 4.78 is 18.5. The molecule has 3 aromatic rings. The van der Waals surface area contributed by atoms with Crippen LogP contribution in [0.25, 0.3) is 17.1 Å². The zero-order valence-electron chi connectivity index (χ0n) is 13.7. The van der Waals surface area contributed by atoms with Gasteiger partial charge in [0.2, 0.25) is 11.7 Å². The smallest absolute Gasteiger partial charge is 0.345 e. The Bertz CT molecular complexity index is 1130. The van der Waals surface area contributed by atoms with Gasteiger partial charge in [0, 0.05) is 29.0 Å². The average Bonchev–Trinajstić information content (AvgIpc) is 3.19. The van der Waals surface area contributed by atoms with Crippen LogP contribution in [-0.2, 0) is 14.3 Å². The van der Waals surface area contributed by atoms with E-state index in [0.29, 0.717) is 16.9 Å². The number of pyridine rings is 1. The number of benzene rings is 1. The van der Waals surface area contributed by atoms with E-state index in [1.165, 1.54) is 30.3 Å². The zero-order chi connectivity index (χ0) is 19.0. The molecule has 0 saturated carbocycles. The first-order chi connectivity index (χ1) is 13.0. The van der Waals surface area contributed by atoms with E-state index in [4.69, 9.17) is 4.74 Å². The van der Waals surface area contributed by atoms with Crippen LogP contribution in [0.2, 0.25) is 0 Å². The number of anilines is 1. The molecule has 27 heavy (non-hydrogen) atoms. The summed E-state index contributed by atoms with van der Waals surface area (Å²) in [5.41, 5.74) is 1.12. The topological polar surface area (TPSA) is 104 Å². The van der Waals surface area contributed by atoms with Crippen molar-refractivity contribution in [2.75, 3.05) is 5.32 Å². The Kier molecular flexibility index (Phi) is 3.92. The summed E-state index contributed by atoms with van der Waals surface area (Å²) in [6.45, 7) is 0. The number of hydrogen-bond donors (Lipinski definition) is 3. The molecule has 1 aliphatic heterocycles. The largest absolute Gasteiger partial charge is 0.477 e. The molecule has 3 N–H and O–H groups in total. The molecule has 0 atom stereocenters. The number of nitrogens with one attached hydrogen (secondary N) is 2. The second-order valence-electron chi connectivity index (χ2n) is 5.72. The summed E-state index contributed by atoms with van der Waals surface area (Å²) in [4.78, 5) is 31.2. The van der Waals surface area contributed by atoms with Crippen molar-refractivity contribution in [3.8, 4) is 0 Å². The zero-order valence-corrected chi connectivity index (χ0v) is 13.7. The minimum absolute atomic E-state index is 0.137. The van der Waals surface area contributed by atoms with E-state index in [-0.39, 0.29) is 11.6 Å². The molecule has 0 aliphatic carbocycles. The van der Waals surface area contributed by atoms with Crippen LogP contribution in [0.15, 0.2) is 66.0 Å². The number of allylic oxidation sites excluding steroid dienone is 1. The highest BCUT2D eigenvalue weighted by molar-refractivity contribution is 6.26. The lowest BCUT2D eigenvalue weighted by molar-refractivity contribution is -0.134. The van der Waals surface area contributed by atoms with E-state index >= 15 is 0 Å². The number of fused-ring (bicyclic) bond motifs is 1. The van der Waals surface area contributed by atoms with E-state index in [0.717, 1.165) is 5.39 Å². The van der Waals surface area contributed by atoms with E-state index in [2.05, 4.69) is 15.3 Å². The molecule has 0 amide bonds. The van der Waals surface area contributed by atoms with E-state index in [1.54, 1.807) is 18.5 Å². The van der Waals surface area contributed by atoms with Crippen molar-refractivity contribution in [3.05, 3.63) is 77.4 Å². The Morgan fingerprint density at radius 2 is 2.04 bits per heavy atom. The fraction of sp³-hybridized carbons (Fsp3) is 0. The number of hydrogen-bond acceptors (Lipinski definition) is 5. The highest BCUT2D eigenvalue weighted by Crippen LogP contribution is 2.29. The predicted molar refractivity (Wildman–Crippen MR) is 94.8 cm³/mol. The molecule has 0 radical (unpaired) electrons. The van der Waals surface area contributed by atoms with Crippen molar-refractivity contribution in [2.24, 2.45) is 0 Å². The Labute approximate surface area is 151 Å². The number of Topliss-reactive ketones (excluding diaryl/α,β-unsaturated/α-hetero) is 1. The molecule has 4 rings (SSSR count). The van der Waals surface area contributed by atoms with Gasteiger partial charge in [-0.25, -0.2) is 14.2 Å². The minimum Gasteiger partial charge on any atom is -0.477 e. The van der Waals surface area contributed by atoms with Gasteiger partial charge >= 0.3 is 5.97 Å². The second-order valence-corrected chi connectivity index (χ2v) is 5.72. The Hall–Kier alpha value is -3.94. The molecule has 0 unspecified atom stereocenters. The van der Waals surface area contributed by atoms with Crippen LogP contribution >= 0.6 is 0 Å². The monoisotopic (exact) mass is 365 g/mol. The number of ether oxygens (including phenoxy) is 1. The Morgan fingerprint density at radius 3 is 2.78 bits per heavy atom. The Balaban J connectivity index is 1.69. The van der Waals surface area contributed by atoms with Crippen molar-refractivity contribution in [1.82, 2.24) is 9.97 Å². The lowest BCUT2D eigenvalue weighted by Gasteiger charge is -2.07. The van der Waals surface area contributed by atoms with Crippen LogP contribution in [0.3, 0.4) is 0 Å². The van der Waals surface area contributed by atoms with Gasteiger partial charge in [-0.3, -0.25) is 4.79 Å². The van der Waals surface area contributed by atoms with Crippen molar-refractivity contribution in [2.45, 2.75) is 0 Å². The molecule has 0 spiro atoms. The fourth-order valence-corrected chi connectivity index (χ4v) is 2.71. The number of halogens is 1. The summed E-state index contributed by atoms with van der Waals surface area (Å²) in [5, 5.41) is 12.9. The SMILES string of the molecule is O=C(O)C1=C(Nc2ccc(F)cc2)OC(=Cc2c[nH]c3ncccc23)C1=O. The molecule has 8 heteroatoms. The van der Waals surface area contributed by atoms with Gasteiger partial charge in [0.25, 0.3) is 0 Å². The van der Waals surface area contributed by atoms with Gasteiger partial charge in [-0.1, -0.05) is 0 Å². The molecule has 0 bridgehead atoms. The third-order valence-electron chi connectivity index (χ3n) is 3.98. The molecular weight excluding hydrogens is 353 g/mol. The van der Waals surface area contributed by atoms with Gasteiger partial charge in [0.1, 0.15) is 11.5 Å². The number of aromatic amines is 1. The maximum Gasteiger partial charge on any atom is 0.345 e. The van der Waals surface area contributed by atoms with Crippen LogP contribution in [-0.4, -0.2) is 26.8 Å². The van der Waals surface area contributed by atoms with Crippen molar-refractivity contribution < 1.29 is 23.8 Å². The molecule has 2 aromatic heterocycles. The predicted octanol–water partition coefficient (Wildman–Crippen LogP) is 3.05. The number of rotatable bonds is 4. The minimum atomic E-state index is -1.42. The maximum atomic E-state index is 13.0. The number of aromatic nitrogens is 2. The van der Waals surface area contributed by atoms with Crippen molar-refractivity contribution in [3.63, 3.8) is 0 Å². The number of carboxylic acids is 1. The number of carboxylic acid groups (broad SMARTS) is 1. The molecule has 0 fully saturated rings. The van der Waals surface area contributed by atoms with E-state index < -0.39 is 23.1 Å². The average molecular weight is 365 g/mol. The van der Waals surface area contributed by atoms with Crippen LogP contribution in [0.1, 0.15) is 5.56 Å². The second kappa shape index (κ2) is 6.41. The molecule has 0 saturated heterocycles. The number of carbonyl (C=O) groups is 2. The lowest BCUT2D eigenvalue weighted by Crippen LogP contribution is -2.12. The molecule has 3 heterocycles. The molecule has 1 aliphatic rings. The van der Waals surface area contributed by atoms with Crippen LogP contribution in [0.5, 0.6) is 0 Å². The maximum absolute atomic E-state index is 13.0. The van der Waals surface area contributed by atoms with Crippen LogP contribution in [0, 0.1) is 5.82 Å². The van der Waals surface area contributed by atoms with Gasteiger partial charge in [-0.15, -0.1) is 0 Å². The number of H-pyrrole nitrogens is 1. The van der Waals surface area contributed by atoms with E-state index in [9.17, 15) is 19.1 Å². The molecular formula is C19H12FN3O4. The highest BCUT2D eigenvalue weighted by Gasteiger charge is 2.36. The Morgan fingerprint density at radius 1 is 1.26 bits per heavy atom. The number of carbonyl (C=O) groups excluding carboxylic acids is 1. The third kappa shape index (κ3) is 3.04. The molecule has 1 aromatic carbocycles. The number of aliphatic carboxylic acids is 1. The molecule has 7 nitrogen and oxygen atoms in total. The first-order valence-corrected chi connectivity index (χ1v) is 7.89. The third-order valence-corrected chi connectivity index (χ3v) is 3.98. The van der Waals surface area contributed by atoms with Crippen LogP contribution < -0.4 is 5.32 Å². The van der Waals surface area contributed by atoms with E-state index in [1.807, 2.05) is 6.07 Å². The summed E-state index contributed by atoms with van der Waals surface area (Å²) in [7, 11) is 0. The van der Waals surface area contributed by atoms with Gasteiger partial charge in [-0.05, 0) is 42.5 Å². The fourth-order valence-electron chi connectivity index (χ4n) is 2.71. The standard InChI is InChI=1S/C19H12FN3O4/c20-11-3-5-12(6-4-11)23-18-15(19(25)26)16(24)14(27-18)8-10-9-22-17-13(10)2-1-7-21-17/h1-9,23H,(H,21,22)(H,25,26). The first kappa shape index (κ1) is 16.5. The summed E-state index contributed by atoms with van der Waals surface area (Å²) >= 11 is 0. The van der Waals surface area contributed by atoms with Crippen molar-refractivity contribution in [1.29, 1.82) is 0 Å². The molecule has 134 valence electrons. The van der Waals surface area contributed by atoms with Gasteiger partial charge in [0.05, 0.1) is 0 Å². The van der Waals surface area contributed by atoms with Gasteiger partial charge in [0.15, 0.2) is 11.3 Å². The first-order valence-electron chi connectivity index (χ1n) is 7.89. The summed E-state index contributed by atoms with van der Waals surface area (Å²) in [6.07, 6.45) is 4.72. The summed E-state index contributed by atoms with van der Waals surface area (Å²) in [5.74, 6) is -2.98.